The molecule has 1 saturated heterocycles. The van der Waals surface area contributed by atoms with Gasteiger partial charge in [0.1, 0.15) is 0 Å². The van der Waals surface area contributed by atoms with E-state index >= 15 is 0 Å². The summed E-state index contributed by atoms with van der Waals surface area (Å²) in [5, 5.41) is 5.71. The zero-order valence-corrected chi connectivity index (χ0v) is 13.3. The number of hydrogen-bond acceptors (Lipinski definition) is 3. The number of carbonyl (C=O) groups excluding carboxylic acids is 1. The molecule has 2 aliphatic carbocycles. The summed E-state index contributed by atoms with van der Waals surface area (Å²) in [5.41, 5.74) is 1.33. The molecule has 1 N–H and O–H groups in total. The molecule has 21 heavy (non-hydrogen) atoms. The number of nitrogens with one attached hydrogen (secondary N) is 1. The zero-order valence-electron chi connectivity index (χ0n) is 12.5. The maximum Gasteiger partial charge on any atom is 0.230 e. The van der Waals surface area contributed by atoms with Crippen molar-refractivity contribution in [2.24, 2.45) is 0 Å². The third-order valence-electron chi connectivity index (χ3n) is 5.20. The van der Waals surface area contributed by atoms with E-state index in [9.17, 15) is 4.79 Å². The highest BCUT2D eigenvalue weighted by molar-refractivity contribution is 7.10. The molecule has 1 saturated carbocycles. The van der Waals surface area contributed by atoms with Crippen molar-refractivity contribution in [1.29, 1.82) is 0 Å². The average Bonchev–Trinajstić information content (AvgIpc) is 3.02. The number of carbonyl (C=O) groups is 1. The first kappa shape index (κ1) is 13.8. The van der Waals surface area contributed by atoms with E-state index < -0.39 is 0 Å². The van der Waals surface area contributed by atoms with Crippen LogP contribution in [-0.2, 0) is 11.2 Å². The molecule has 3 nitrogen and oxygen atoms in total. The molecule has 4 heteroatoms. The van der Waals surface area contributed by atoms with E-state index in [4.69, 9.17) is 0 Å². The molecule has 0 spiro atoms. The minimum atomic E-state index is 0.141. The lowest BCUT2D eigenvalue weighted by atomic mass is 9.86. The summed E-state index contributed by atoms with van der Waals surface area (Å²) in [6, 6.07) is 3.25. The third-order valence-corrected chi connectivity index (χ3v) is 6.20. The van der Waals surface area contributed by atoms with Gasteiger partial charge in [-0.1, -0.05) is 0 Å². The maximum atomic E-state index is 13.1. The van der Waals surface area contributed by atoms with Gasteiger partial charge in [-0.15, -0.1) is 11.3 Å². The Labute approximate surface area is 130 Å². The molecule has 0 aromatic carbocycles. The lowest BCUT2D eigenvalue weighted by Gasteiger charge is -2.31. The molecule has 2 unspecified atom stereocenters. The normalized spacial score (nSPS) is 28.4. The molecule has 2 heterocycles. The van der Waals surface area contributed by atoms with Crippen LogP contribution in [0.4, 0.5) is 0 Å². The molecular weight excluding hydrogens is 280 g/mol. The van der Waals surface area contributed by atoms with E-state index in [1.165, 1.54) is 49.0 Å². The van der Waals surface area contributed by atoms with Crippen LogP contribution in [0.3, 0.4) is 0 Å². The van der Waals surface area contributed by atoms with Crippen LogP contribution in [0.15, 0.2) is 11.4 Å². The Morgan fingerprint density at radius 1 is 1.29 bits per heavy atom. The number of fused-ring (bicyclic) bond motifs is 1. The number of thiophene rings is 1. The fourth-order valence-corrected chi connectivity index (χ4v) is 4.89. The Balaban J connectivity index is 1.52. The van der Waals surface area contributed by atoms with Crippen molar-refractivity contribution in [2.45, 2.75) is 62.9 Å². The van der Waals surface area contributed by atoms with Gasteiger partial charge in [0.15, 0.2) is 0 Å². The molecule has 2 fully saturated rings. The first-order chi connectivity index (χ1) is 10.3. The summed E-state index contributed by atoms with van der Waals surface area (Å²) >= 11 is 1.83. The summed E-state index contributed by atoms with van der Waals surface area (Å²) in [7, 11) is 0. The van der Waals surface area contributed by atoms with Crippen molar-refractivity contribution in [2.75, 3.05) is 13.1 Å². The summed E-state index contributed by atoms with van der Waals surface area (Å²) < 4.78 is 0. The molecule has 114 valence electrons. The van der Waals surface area contributed by atoms with Crippen LogP contribution in [0.25, 0.3) is 0 Å². The number of rotatable bonds is 4. The maximum absolute atomic E-state index is 13.1. The van der Waals surface area contributed by atoms with Gasteiger partial charge in [-0.05, 0) is 68.5 Å². The van der Waals surface area contributed by atoms with E-state index in [0.717, 1.165) is 19.5 Å². The average molecular weight is 304 g/mol. The molecular formula is C17H24N2OS. The van der Waals surface area contributed by atoms with Gasteiger partial charge in [0.2, 0.25) is 5.91 Å². The van der Waals surface area contributed by atoms with Crippen LogP contribution in [-0.4, -0.2) is 36.0 Å². The lowest BCUT2D eigenvalue weighted by molar-refractivity contribution is -0.134. The molecule has 1 aliphatic heterocycles. The van der Waals surface area contributed by atoms with Crippen LogP contribution in [0.1, 0.15) is 54.9 Å². The molecule has 4 rings (SSSR count). The first-order valence-corrected chi connectivity index (χ1v) is 9.31. The largest absolute Gasteiger partial charge is 0.338 e. The predicted octanol–water partition coefficient (Wildman–Crippen LogP) is 2.91. The van der Waals surface area contributed by atoms with Gasteiger partial charge in [-0.2, -0.15) is 0 Å². The monoisotopic (exact) mass is 304 g/mol. The number of aryl methyl sites for hydroxylation is 1. The second kappa shape index (κ2) is 5.73. The van der Waals surface area contributed by atoms with Gasteiger partial charge in [-0.3, -0.25) is 4.79 Å². The van der Waals surface area contributed by atoms with Crippen molar-refractivity contribution in [3.05, 3.63) is 21.9 Å². The Hall–Kier alpha value is -0.870. The number of nitrogens with zero attached hydrogens (tertiary/aromatic N) is 1. The van der Waals surface area contributed by atoms with E-state index in [-0.39, 0.29) is 5.92 Å². The van der Waals surface area contributed by atoms with Crippen LogP contribution >= 0.6 is 11.3 Å². The quantitative estimate of drug-likeness (QED) is 0.927. The van der Waals surface area contributed by atoms with Crippen LogP contribution < -0.4 is 5.32 Å². The van der Waals surface area contributed by atoms with E-state index in [0.29, 0.717) is 18.0 Å². The summed E-state index contributed by atoms with van der Waals surface area (Å²) in [6.07, 6.45) is 8.29. The van der Waals surface area contributed by atoms with Crippen molar-refractivity contribution in [3.63, 3.8) is 0 Å². The standard InChI is InChI=1S/C17H24N2OS/c20-17(15-4-1-5-16-14(15)8-10-21-16)19(13-6-7-13)11-12-3-2-9-18-12/h8,10,12-13,15,18H,1-7,9,11H2. The van der Waals surface area contributed by atoms with Gasteiger partial charge in [-0.25, -0.2) is 0 Å². The van der Waals surface area contributed by atoms with Crippen molar-refractivity contribution in [3.8, 4) is 0 Å². The van der Waals surface area contributed by atoms with E-state index in [1.807, 2.05) is 11.3 Å². The second-order valence-electron chi connectivity index (χ2n) is 6.76. The minimum Gasteiger partial charge on any atom is -0.338 e. The van der Waals surface area contributed by atoms with Crippen molar-refractivity contribution < 1.29 is 4.79 Å². The van der Waals surface area contributed by atoms with Crippen LogP contribution in [0.5, 0.6) is 0 Å². The van der Waals surface area contributed by atoms with E-state index in [1.54, 1.807) is 0 Å². The van der Waals surface area contributed by atoms with Gasteiger partial charge in [0.05, 0.1) is 5.92 Å². The topological polar surface area (TPSA) is 32.3 Å². The molecule has 1 aromatic rings. The molecule has 3 aliphatic rings. The minimum absolute atomic E-state index is 0.141. The Kier molecular flexibility index (Phi) is 3.76. The number of hydrogen-bond donors (Lipinski definition) is 1. The highest BCUT2D eigenvalue weighted by atomic mass is 32.1. The summed E-state index contributed by atoms with van der Waals surface area (Å²) in [6.45, 7) is 2.05. The van der Waals surface area contributed by atoms with Gasteiger partial charge < -0.3 is 10.2 Å². The Bertz CT molecular complexity index is 517. The smallest absolute Gasteiger partial charge is 0.230 e. The fraction of sp³-hybridized carbons (Fsp3) is 0.706. The highest BCUT2D eigenvalue weighted by Gasteiger charge is 2.39. The van der Waals surface area contributed by atoms with Gasteiger partial charge in [0, 0.05) is 23.5 Å². The van der Waals surface area contributed by atoms with E-state index in [2.05, 4.69) is 21.7 Å². The van der Waals surface area contributed by atoms with Gasteiger partial charge >= 0.3 is 0 Å². The molecule has 1 amide bonds. The van der Waals surface area contributed by atoms with Gasteiger partial charge in [0.25, 0.3) is 0 Å². The Morgan fingerprint density at radius 3 is 2.95 bits per heavy atom. The highest BCUT2D eigenvalue weighted by Crippen LogP contribution is 2.38. The second-order valence-corrected chi connectivity index (χ2v) is 7.76. The SMILES string of the molecule is O=C(C1CCCc2sccc21)N(CC1CCCN1)C1CC1. The predicted molar refractivity (Wildman–Crippen MR) is 85.8 cm³/mol. The number of amides is 1. The fourth-order valence-electron chi connectivity index (χ4n) is 3.90. The molecule has 0 bridgehead atoms. The molecule has 2 atom stereocenters. The lowest BCUT2D eigenvalue weighted by Crippen LogP contribution is -2.44. The summed E-state index contributed by atoms with van der Waals surface area (Å²) in [5.74, 6) is 0.549. The van der Waals surface area contributed by atoms with Crippen molar-refractivity contribution >= 4 is 17.2 Å². The summed E-state index contributed by atoms with van der Waals surface area (Å²) in [4.78, 5) is 16.8. The molecule has 0 radical (unpaired) electrons. The molecule has 1 aromatic heterocycles. The van der Waals surface area contributed by atoms with Crippen LogP contribution in [0, 0.1) is 0 Å². The first-order valence-electron chi connectivity index (χ1n) is 8.43. The Morgan fingerprint density at radius 2 is 2.19 bits per heavy atom. The van der Waals surface area contributed by atoms with Crippen molar-refractivity contribution in [1.82, 2.24) is 10.2 Å². The zero-order chi connectivity index (χ0) is 14.2. The van der Waals surface area contributed by atoms with Crippen LogP contribution in [0.2, 0.25) is 0 Å². The third kappa shape index (κ3) is 2.76.